The lowest BCUT2D eigenvalue weighted by atomic mass is 10.1. The van der Waals surface area contributed by atoms with Crippen LogP contribution < -0.4 is 15.4 Å². The Kier molecular flexibility index (Phi) is 6.78. The van der Waals surface area contributed by atoms with Gasteiger partial charge in [-0.25, -0.2) is 4.99 Å². The third-order valence-corrected chi connectivity index (χ3v) is 4.53. The van der Waals surface area contributed by atoms with Crippen LogP contribution in [0.1, 0.15) is 42.5 Å². The SMILES string of the molecule is CCNC(=NCc1cc(C)ccc1OC(F)F)NCc1nnc2n1CCCC2. The number of aryl methyl sites for hydroxylation is 2. The van der Waals surface area contributed by atoms with Gasteiger partial charge in [0.15, 0.2) is 11.8 Å². The number of halogens is 2. The summed E-state index contributed by atoms with van der Waals surface area (Å²) in [7, 11) is 0. The van der Waals surface area contributed by atoms with Gasteiger partial charge in [0.1, 0.15) is 11.6 Å². The largest absolute Gasteiger partial charge is 0.434 e. The lowest BCUT2D eigenvalue weighted by Gasteiger charge is -2.16. The summed E-state index contributed by atoms with van der Waals surface area (Å²) in [4.78, 5) is 4.52. The Labute approximate surface area is 163 Å². The standard InChI is InChI=1S/C19H26F2N6O/c1-3-22-19(24-12-17-26-25-16-6-4-5-9-27(16)17)23-11-14-10-13(2)7-8-15(14)28-18(20)21/h7-8,10,18H,3-6,9,11-12H2,1-2H3,(H2,22,23,24). The number of aromatic nitrogens is 3. The van der Waals surface area contributed by atoms with Crippen molar-refractivity contribution in [2.45, 2.75) is 59.4 Å². The summed E-state index contributed by atoms with van der Waals surface area (Å²) in [6.45, 7) is 3.33. The Balaban J connectivity index is 1.69. The van der Waals surface area contributed by atoms with Gasteiger partial charge in [-0.15, -0.1) is 10.2 Å². The van der Waals surface area contributed by atoms with Gasteiger partial charge in [-0.2, -0.15) is 8.78 Å². The quantitative estimate of drug-likeness (QED) is 0.560. The molecule has 0 spiro atoms. The summed E-state index contributed by atoms with van der Waals surface area (Å²) >= 11 is 0. The predicted molar refractivity (Wildman–Crippen MR) is 102 cm³/mol. The maximum Gasteiger partial charge on any atom is 0.387 e. The van der Waals surface area contributed by atoms with Gasteiger partial charge in [0.05, 0.1) is 13.1 Å². The Bertz CT molecular complexity index is 821. The summed E-state index contributed by atoms with van der Waals surface area (Å²) in [6.07, 6.45) is 3.24. The number of ether oxygens (including phenoxy) is 1. The molecule has 2 heterocycles. The Morgan fingerprint density at radius 3 is 2.93 bits per heavy atom. The van der Waals surface area contributed by atoms with E-state index >= 15 is 0 Å². The molecule has 2 aromatic rings. The van der Waals surface area contributed by atoms with Crippen molar-refractivity contribution in [3.8, 4) is 5.75 Å². The van der Waals surface area contributed by atoms with Crippen molar-refractivity contribution in [1.29, 1.82) is 0 Å². The highest BCUT2D eigenvalue weighted by Crippen LogP contribution is 2.23. The summed E-state index contributed by atoms with van der Waals surface area (Å²) < 4.78 is 32.0. The maximum absolute atomic E-state index is 12.6. The minimum atomic E-state index is -2.86. The summed E-state index contributed by atoms with van der Waals surface area (Å²) in [6, 6.07) is 5.09. The van der Waals surface area contributed by atoms with Gasteiger partial charge in [0, 0.05) is 25.1 Å². The molecule has 0 bridgehead atoms. The zero-order chi connectivity index (χ0) is 19.9. The van der Waals surface area contributed by atoms with Crippen LogP contribution in [0.2, 0.25) is 0 Å². The monoisotopic (exact) mass is 392 g/mol. The molecular formula is C19H26F2N6O. The van der Waals surface area contributed by atoms with E-state index in [2.05, 4.69) is 35.1 Å². The molecule has 1 aliphatic rings. The number of hydrogen-bond acceptors (Lipinski definition) is 4. The molecule has 0 radical (unpaired) electrons. The second-order valence-electron chi connectivity index (χ2n) is 6.68. The summed E-state index contributed by atoms with van der Waals surface area (Å²) in [5, 5.41) is 14.9. The average molecular weight is 392 g/mol. The number of alkyl halides is 2. The molecule has 152 valence electrons. The Morgan fingerprint density at radius 1 is 1.29 bits per heavy atom. The summed E-state index contributed by atoms with van der Waals surface area (Å²) in [5.74, 6) is 2.63. The molecule has 28 heavy (non-hydrogen) atoms. The molecule has 2 N–H and O–H groups in total. The Morgan fingerprint density at radius 2 is 2.14 bits per heavy atom. The Hall–Kier alpha value is -2.71. The minimum Gasteiger partial charge on any atom is -0.434 e. The molecule has 0 aliphatic carbocycles. The van der Waals surface area contributed by atoms with E-state index in [4.69, 9.17) is 0 Å². The number of benzene rings is 1. The molecule has 9 heteroatoms. The van der Waals surface area contributed by atoms with Crippen molar-refractivity contribution in [1.82, 2.24) is 25.4 Å². The van der Waals surface area contributed by atoms with E-state index in [1.165, 1.54) is 0 Å². The third-order valence-electron chi connectivity index (χ3n) is 4.53. The average Bonchev–Trinajstić information content (AvgIpc) is 3.09. The molecule has 1 aromatic heterocycles. The first kappa shape index (κ1) is 20.0. The third kappa shape index (κ3) is 5.17. The molecule has 0 saturated heterocycles. The fraction of sp³-hybridized carbons (Fsp3) is 0.526. The van der Waals surface area contributed by atoms with Gasteiger partial charge >= 0.3 is 6.61 Å². The molecule has 3 rings (SSSR count). The number of rotatable bonds is 7. The van der Waals surface area contributed by atoms with Crippen molar-refractivity contribution >= 4 is 5.96 Å². The second-order valence-corrected chi connectivity index (χ2v) is 6.68. The molecular weight excluding hydrogens is 366 g/mol. The van der Waals surface area contributed by atoms with Crippen LogP contribution in [0.3, 0.4) is 0 Å². The van der Waals surface area contributed by atoms with Crippen LogP contribution in [0.5, 0.6) is 5.75 Å². The molecule has 0 unspecified atom stereocenters. The fourth-order valence-corrected chi connectivity index (χ4v) is 3.21. The van der Waals surface area contributed by atoms with Crippen LogP contribution in [0.4, 0.5) is 8.78 Å². The van der Waals surface area contributed by atoms with Crippen LogP contribution in [0, 0.1) is 6.92 Å². The molecule has 7 nitrogen and oxygen atoms in total. The highest BCUT2D eigenvalue weighted by Gasteiger charge is 2.16. The molecule has 0 amide bonds. The van der Waals surface area contributed by atoms with Crippen molar-refractivity contribution in [3.05, 3.63) is 41.0 Å². The van der Waals surface area contributed by atoms with E-state index in [1.807, 2.05) is 13.8 Å². The van der Waals surface area contributed by atoms with Crippen molar-refractivity contribution < 1.29 is 13.5 Å². The molecule has 0 fully saturated rings. The molecule has 1 aromatic carbocycles. The van der Waals surface area contributed by atoms with Crippen molar-refractivity contribution in [3.63, 3.8) is 0 Å². The van der Waals surface area contributed by atoms with Gasteiger partial charge in [0.25, 0.3) is 0 Å². The predicted octanol–water partition coefficient (Wildman–Crippen LogP) is 2.78. The second kappa shape index (κ2) is 9.48. The van der Waals surface area contributed by atoms with E-state index in [9.17, 15) is 8.78 Å². The van der Waals surface area contributed by atoms with Crippen LogP contribution in [-0.2, 0) is 26.1 Å². The van der Waals surface area contributed by atoms with E-state index in [-0.39, 0.29) is 12.3 Å². The maximum atomic E-state index is 12.6. The number of nitrogens with one attached hydrogen (secondary N) is 2. The smallest absolute Gasteiger partial charge is 0.387 e. The van der Waals surface area contributed by atoms with Crippen LogP contribution >= 0.6 is 0 Å². The van der Waals surface area contributed by atoms with E-state index in [0.717, 1.165) is 43.0 Å². The first-order chi connectivity index (χ1) is 13.6. The zero-order valence-electron chi connectivity index (χ0n) is 16.2. The first-order valence-electron chi connectivity index (χ1n) is 9.54. The van der Waals surface area contributed by atoms with Crippen LogP contribution in [0.15, 0.2) is 23.2 Å². The number of nitrogens with zero attached hydrogens (tertiary/aromatic N) is 4. The first-order valence-corrected chi connectivity index (χ1v) is 9.54. The van der Waals surface area contributed by atoms with Gasteiger partial charge < -0.3 is 19.9 Å². The zero-order valence-corrected chi connectivity index (χ0v) is 16.2. The normalized spacial score (nSPS) is 14.1. The fourth-order valence-electron chi connectivity index (χ4n) is 3.21. The van der Waals surface area contributed by atoms with Gasteiger partial charge in [-0.1, -0.05) is 17.7 Å². The van der Waals surface area contributed by atoms with Crippen molar-refractivity contribution in [2.75, 3.05) is 6.54 Å². The molecule has 0 saturated carbocycles. The van der Waals surface area contributed by atoms with E-state index in [0.29, 0.717) is 24.6 Å². The number of hydrogen-bond donors (Lipinski definition) is 2. The molecule has 1 aliphatic heterocycles. The van der Waals surface area contributed by atoms with Crippen LogP contribution in [-0.4, -0.2) is 33.9 Å². The van der Waals surface area contributed by atoms with E-state index < -0.39 is 6.61 Å². The minimum absolute atomic E-state index is 0.145. The lowest BCUT2D eigenvalue weighted by molar-refractivity contribution is -0.0504. The highest BCUT2D eigenvalue weighted by atomic mass is 19.3. The number of fused-ring (bicyclic) bond motifs is 1. The highest BCUT2D eigenvalue weighted by molar-refractivity contribution is 5.79. The topological polar surface area (TPSA) is 76.4 Å². The number of guanidine groups is 1. The van der Waals surface area contributed by atoms with Crippen LogP contribution in [0.25, 0.3) is 0 Å². The van der Waals surface area contributed by atoms with Gasteiger partial charge in [-0.05, 0) is 32.8 Å². The van der Waals surface area contributed by atoms with Gasteiger partial charge in [0.2, 0.25) is 0 Å². The van der Waals surface area contributed by atoms with Crippen molar-refractivity contribution in [2.24, 2.45) is 4.99 Å². The lowest BCUT2D eigenvalue weighted by Crippen LogP contribution is -2.37. The molecule has 0 atom stereocenters. The number of aliphatic imine (C=N–C) groups is 1. The van der Waals surface area contributed by atoms with Gasteiger partial charge in [-0.3, -0.25) is 0 Å². The summed E-state index contributed by atoms with van der Waals surface area (Å²) in [5.41, 5.74) is 1.57. The van der Waals surface area contributed by atoms with E-state index in [1.54, 1.807) is 18.2 Å².